The van der Waals surface area contributed by atoms with Gasteiger partial charge in [-0.25, -0.2) is 0 Å². The van der Waals surface area contributed by atoms with Gasteiger partial charge in [-0.05, 0) is 56.2 Å². The van der Waals surface area contributed by atoms with Gasteiger partial charge in [0, 0.05) is 15.6 Å². The molecule has 1 amide bonds. The topological polar surface area (TPSA) is 58.6 Å². The Labute approximate surface area is 156 Å². The molecule has 0 bridgehead atoms. The highest BCUT2D eigenvalue weighted by molar-refractivity contribution is 9.10. The van der Waals surface area contributed by atoms with Crippen LogP contribution in [0.4, 0.5) is 0 Å². The first-order valence-corrected chi connectivity index (χ1v) is 9.17. The zero-order valence-corrected chi connectivity index (χ0v) is 16.1. The maximum absolute atomic E-state index is 12.7. The number of fused-ring (bicyclic) bond motifs is 1. The first-order chi connectivity index (χ1) is 11.8. The molecule has 0 aliphatic carbocycles. The zero-order chi connectivity index (χ0) is 18.2. The normalized spacial score (nSPS) is 21.2. The van der Waals surface area contributed by atoms with Gasteiger partial charge in [-0.2, -0.15) is 0 Å². The van der Waals surface area contributed by atoms with Crippen LogP contribution in [0.1, 0.15) is 48.3 Å². The van der Waals surface area contributed by atoms with Crippen molar-refractivity contribution in [3.8, 4) is 5.75 Å². The molecule has 4 nitrogen and oxygen atoms in total. The van der Waals surface area contributed by atoms with Crippen LogP contribution in [0.15, 0.2) is 46.9 Å². The van der Waals surface area contributed by atoms with E-state index in [-0.39, 0.29) is 5.91 Å². The van der Waals surface area contributed by atoms with Crippen molar-refractivity contribution in [2.24, 2.45) is 0 Å². The minimum Gasteiger partial charge on any atom is -0.485 e. The second-order valence-corrected chi connectivity index (χ2v) is 7.75. The van der Waals surface area contributed by atoms with Gasteiger partial charge in [0.15, 0.2) is 0 Å². The molecule has 2 atom stereocenters. The fourth-order valence-electron chi connectivity index (χ4n) is 3.08. The maximum Gasteiger partial charge on any atom is 0.251 e. The Kier molecular flexibility index (Phi) is 4.89. The summed E-state index contributed by atoms with van der Waals surface area (Å²) in [7, 11) is 0. The van der Waals surface area contributed by atoms with E-state index in [0.29, 0.717) is 11.3 Å². The monoisotopic (exact) mass is 403 g/mol. The second kappa shape index (κ2) is 6.81. The number of aliphatic hydroxyl groups is 1. The molecule has 1 aliphatic heterocycles. The number of halogens is 1. The molecule has 132 valence electrons. The summed E-state index contributed by atoms with van der Waals surface area (Å²) in [6.45, 7) is 5.72. The van der Waals surface area contributed by atoms with Crippen LogP contribution in [0.2, 0.25) is 0 Å². The van der Waals surface area contributed by atoms with Crippen LogP contribution in [0.3, 0.4) is 0 Å². The number of hydrogen-bond acceptors (Lipinski definition) is 3. The third kappa shape index (κ3) is 3.58. The average molecular weight is 404 g/mol. The minimum absolute atomic E-state index is 0.226. The van der Waals surface area contributed by atoms with Gasteiger partial charge < -0.3 is 15.2 Å². The highest BCUT2D eigenvalue weighted by Gasteiger charge is 2.43. The van der Waals surface area contributed by atoms with Crippen molar-refractivity contribution in [1.82, 2.24) is 5.32 Å². The summed E-state index contributed by atoms with van der Waals surface area (Å²) in [5.74, 6) is 0.475. The largest absolute Gasteiger partial charge is 0.485 e. The average Bonchev–Trinajstić information content (AvgIpc) is 2.58. The molecule has 2 aromatic rings. The first kappa shape index (κ1) is 18.0. The number of benzene rings is 2. The van der Waals surface area contributed by atoms with Crippen LogP contribution in [0, 0.1) is 0 Å². The van der Waals surface area contributed by atoms with E-state index in [1.165, 1.54) is 0 Å². The first-order valence-electron chi connectivity index (χ1n) is 8.38. The Morgan fingerprint density at radius 3 is 2.72 bits per heavy atom. The van der Waals surface area contributed by atoms with E-state index < -0.39 is 17.7 Å². The van der Waals surface area contributed by atoms with Crippen molar-refractivity contribution in [1.29, 1.82) is 0 Å². The lowest BCUT2D eigenvalue weighted by molar-refractivity contribution is -0.0628. The molecule has 0 spiro atoms. The summed E-state index contributed by atoms with van der Waals surface area (Å²) in [4.78, 5) is 12.7. The SMILES string of the molecule is CCc1ccc2c(c1)C(NC(=O)c1cccc(Br)c1)C(O)C(C)(C)O2. The predicted molar refractivity (Wildman–Crippen MR) is 101 cm³/mol. The number of aliphatic hydroxyl groups excluding tert-OH is 1. The molecule has 5 heteroatoms. The highest BCUT2D eigenvalue weighted by Crippen LogP contribution is 2.40. The Bertz CT molecular complexity index is 803. The van der Waals surface area contributed by atoms with E-state index in [9.17, 15) is 9.90 Å². The van der Waals surface area contributed by atoms with Gasteiger partial charge in [0.05, 0.1) is 6.04 Å². The molecular weight excluding hydrogens is 382 g/mol. The van der Waals surface area contributed by atoms with Gasteiger partial charge in [0.25, 0.3) is 5.91 Å². The number of rotatable bonds is 3. The molecule has 2 N–H and O–H groups in total. The lowest BCUT2D eigenvalue weighted by atomic mass is 9.85. The molecule has 3 rings (SSSR count). The number of ether oxygens (including phenoxy) is 1. The van der Waals surface area contributed by atoms with Crippen LogP contribution in [0.5, 0.6) is 5.75 Å². The van der Waals surface area contributed by atoms with Gasteiger partial charge in [-0.15, -0.1) is 0 Å². The molecule has 0 fully saturated rings. The lowest BCUT2D eigenvalue weighted by Gasteiger charge is -2.42. The molecule has 0 aromatic heterocycles. The number of carbonyl (C=O) groups is 1. The van der Waals surface area contributed by atoms with E-state index in [2.05, 4.69) is 28.2 Å². The Morgan fingerprint density at radius 2 is 2.04 bits per heavy atom. The van der Waals surface area contributed by atoms with Gasteiger partial charge >= 0.3 is 0 Å². The van der Waals surface area contributed by atoms with E-state index in [1.54, 1.807) is 12.1 Å². The summed E-state index contributed by atoms with van der Waals surface area (Å²) in [5.41, 5.74) is 1.69. The maximum atomic E-state index is 12.7. The standard InChI is InChI=1S/C20H22BrNO3/c1-4-12-8-9-16-15(10-12)17(18(23)20(2,3)25-16)22-19(24)13-6-5-7-14(21)11-13/h5-11,17-18,23H,4H2,1-3H3,(H,22,24). The molecule has 1 heterocycles. The fourth-order valence-corrected chi connectivity index (χ4v) is 3.48. The van der Waals surface area contributed by atoms with Crippen molar-refractivity contribution >= 4 is 21.8 Å². The van der Waals surface area contributed by atoms with E-state index >= 15 is 0 Å². The van der Waals surface area contributed by atoms with Gasteiger partial charge in [0.2, 0.25) is 0 Å². The van der Waals surface area contributed by atoms with Crippen LogP contribution in [-0.4, -0.2) is 22.7 Å². The molecule has 25 heavy (non-hydrogen) atoms. The molecule has 0 saturated heterocycles. The van der Waals surface area contributed by atoms with E-state index in [4.69, 9.17) is 4.74 Å². The van der Waals surface area contributed by atoms with Gasteiger partial charge in [-0.1, -0.05) is 35.0 Å². The second-order valence-electron chi connectivity index (χ2n) is 6.84. The van der Waals surface area contributed by atoms with Crippen LogP contribution in [-0.2, 0) is 6.42 Å². The summed E-state index contributed by atoms with van der Waals surface area (Å²) in [6.07, 6.45) is 0.0159. The zero-order valence-electron chi connectivity index (χ0n) is 14.5. The highest BCUT2D eigenvalue weighted by atomic mass is 79.9. The quantitative estimate of drug-likeness (QED) is 0.813. The Morgan fingerprint density at radius 1 is 1.28 bits per heavy atom. The van der Waals surface area contributed by atoms with Crippen LogP contribution < -0.4 is 10.1 Å². The number of carbonyl (C=O) groups excluding carboxylic acids is 1. The van der Waals surface area contributed by atoms with Crippen LogP contribution in [0.25, 0.3) is 0 Å². The fraction of sp³-hybridized carbons (Fsp3) is 0.350. The molecule has 0 radical (unpaired) electrons. The molecule has 2 unspecified atom stereocenters. The van der Waals surface area contributed by atoms with Crippen molar-refractivity contribution < 1.29 is 14.6 Å². The molecular formula is C20H22BrNO3. The molecule has 1 aliphatic rings. The summed E-state index contributed by atoms with van der Waals surface area (Å²) in [5, 5.41) is 13.8. The number of hydrogen-bond donors (Lipinski definition) is 2. The van der Waals surface area contributed by atoms with E-state index in [0.717, 1.165) is 22.0 Å². The Hall–Kier alpha value is -1.85. The molecule has 0 saturated carbocycles. The van der Waals surface area contributed by atoms with Crippen molar-refractivity contribution in [2.45, 2.75) is 44.9 Å². The summed E-state index contributed by atoms with van der Waals surface area (Å²) < 4.78 is 6.79. The number of aryl methyl sites for hydroxylation is 1. The van der Waals surface area contributed by atoms with Crippen LogP contribution >= 0.6 is 15.9 Å². The summed E-state index contributed by atoms with van der Waals surface area (Å²) in [6, 6.07) is 12.6. The summed E-state index contributed by atoms with van der Waals surface area (Å²) >= 11 is 3.38. The minimum atomic E-state index is -0.858. The Balaban J connectivity index is 1.97. The predicted octanol–water partition coefficient (Wildman–Crippen LogP) is 4.01. The number of amides is 1. The molecule has 2 aromatic carbocycles. The lowest BCUT2D eigenvalue weighted by Crippen LogP contribution is -2.53. The smallest absolute Gasteiger partial charge is 0.251 e. The van der Waals surface area contributed by atoms with Crippen molar-refractivity contribution in [3.63, 3.8) is 0 Å². The van der Waals surface area contributed by atoms with Gasteiger partial charge in [0.1, 0.15) is 17.5 Å². The van der Waals surface area contributed by atoms with E-state index in [1.807, 2.05) is 44.2 Å². The number of nitrogens with one attached hydrogen (secondary N) is 1. The third-order valence-electron chi connectivity index (χ3n) is 4.59. The van der Waals surface area contributed by atoms with Crippen molar-refractivity contribution in [2.75, 3.05) is 0 Å². The third-order valence-corrected chi connectivity index (χ3v) is 5.09. The van der Waals surface area contributed by atoms with Crippen molar-refractivity contribution in [3.05, 3.63) is 63.6 Å². The van der Waals surface area contributed by atoms with Gasteiger partial charge in [-0.3, -0.25) is 4.79 Å².